The number of hydrogen-bond acceptors (Lipinski definition) is 1. The molecule has 0 spiro atoms. The fraction of sp³-hybridized carbons (Fsp3) is 0.800. The average Bonchev–Trinajstić information content (AvgIpc) is 1.84. The van der Waals surface area contributed by atoms with Crippen molar-refractivity contribution in [3.63, 3.8) is 0 Å². The number of nitrogens with zero attached hydrogens (tertiary/aromatic N) is 2. The largest absolute Gasteiger partial charge is 1.00 e. The molecule has 0 aromatic rings. The molecule has 8 heavy (non-hydrogen) atoms. The topological polar surface area (TPSA) is 12.4 Å². The van der Waals surface area contributed by atoms with Crippen LogP contribution in [0.4, 0.5) is 0 Å². The second-order valence-corrected chi connectivity index (χ2v) is 2.52. The molecule has 0 saturated heterocycles. The van der Waals surface area contributed by atoms with Gasteiger partial charge in [0.05, 0.1) is 20.6 Å². The van der Waals surface area contributed by atoms with Gasteiger partial charge in [-0.2, -0.15) is 0 Å². The molecule has 3 heteroatoms. The van der Waals surface area contributed by atoms with Crippen LogP contribution in [0.3, 0.4) is 0 Å². The lowest BCUT2D eigenvalue weighted by atomic mass is 10.6. The van der Waals surface area contributed by atoms with E-state index in [1.54, 1.807) is 0 Å². The van der Waals surface area contributed by atoms with Gasteiger partial charge in [0.1, 0.15) is 6.54 Å². The molecule has 0 aromatic heterocycles. The zero-order valence-corrected chi connectivity index (χ0v) is 7.42. The normalized spacial score (nSPS) is 22.8. The number of aliphatic imine (C=N–C) groups is 1. The third kappa shape index (κ3) is 2.09. The molecule has 1 heterocycles. The Hall–Kier alpha value is 0.360. The zero-order valence-electron chi connectivity index (χ0n) is 5.26. The lowest BCUT2D eigenvalue weighted by Crippen LogP contribution is -3.00. The molecule has 1 aliphatic rings. The van der Waals surface area contributed by atoms with Crippen molar-refractivity contribution < 1.29 is 28.5 Å². The van der Waals surface area contributed by atoms with Crippen LogP contribution in [0.25, 0.3) is 0 Å². The summed E-state index contributed by atoms with van der Waals surface area (Å²) in [6.07, 6.45) is 1.99. The van der Waals surface area contributed by atoms with Crippen LogP contribution in [0.15, 0.2) is 4.99 Å². The quantitative estimate of drug-likeness (QED) is 0.310. The van der Waals surface area contributed by atoms with Gasteiger partial charge in [0.25, 0.3) is 0 Å². The van der Waals surface area contributed by atoms with Crippen molar-refractivity contribution in [2.75, 3.05) is 27.2 Å². The Morgan fingerprint density at radius 3 is 2.25 bits per heavy atom. The van der Waals surface area contributed by atoms with Crippen LogP contribution in [0.5, 0.6) is 0 Å². The van der Waals surface area contributed by atoms with E-state index in [2.05, 4.69) is 19.1 Å². The minimum Gasteiger partial charge on any atom is -1.00 e. The summed E-state index contributed by atoms with van der Waals surface area (Å²) in [5, 5.41) is 0. The van der Waals surface area contributed by atoms with E-state index in [0.717, 1.165) is 11.0 Å². The molecule has 48 valence electrons. The van der Waals surface area contributed by atoms with Crippen molar-refractivity contribution in [2.45, 2.75) is 0 Å². The second-order valence-electron chi connectivity index (χ2n) is 2.52. The molecule has 0 N–H and O–H groups in total. The van der Waals surface area contributed by atoms with Crippen LogP contribution in [-0.4, -0.2) is 38.0 Å². The van der Waals surface area contributed by atoms with Crippen molar-refractivity contribution in [3.05, 3.63) is 0 Å². The molecule has 0 aromatic carbocycles. The lowest BCUT2D eigenvalue weighted by molar-refractivity contribution is -0.784. The maximum absolute atomic E-state index is 4.08. The highest BCUT2D eigenvalue weighted by atomic mass is 127. The van der Waals surface area contributed by atoms with E-state index in [1.165, 1.54) is 6.54 Å². The SMILES string of the molecule is C[N+]1(C)C=NCC1.[I-]. The number of quaternary nitrogens is 1. The van der Waals surface area contributed by atoms with Gasteiger partial charge in [-0.25, -0.2) is 4.99 Å². The molecule has 0 saturated carbocycles. The maximum atomic E-state index is 4.08. The summed E-state index contributed by atoms with van der Waals surface area (Å²) >= 11 is 0. The second kappa shape index (κ2) is 2.77. The van der Waals surface area contributed by atoms with Crippen molar-refractivity contribution in [3.8, 4) is 0 Å². The summed E-state index contributed by atoms with van der Waals surface area (Å²) in [6, 6.07) is 0. The van der Waals surface area contributed by atoms with Gasteiger partial charge < -0.3 is 24.0 Å². The molecule has 2 nitrogen and oxygen atoms in total. The fourth-order valence-corrected chi connectivity index (χ4v) is 0.652. The van der Waals surface area contributed by atoms with E-state index in [0.29, 0.717) is 0 Å². The monoisotopic (exact) mass is 226 g/mol. The van der Waals surface area contributed by atoms with Crippen LogP contribution in [-0.2, 0) is 0 Å². The third-order valence-corrected chi connectivity index (χ3v) is 1.20. The van der Waals surface area contributed by atoms with Crippen LogP contribution in [0.1, 0.15) is 0 Å². The Bertz CT molecular complexity index is 98.6. The standard InChI is InChI=1S/C5H11N2.HI/c1-7(2)4-3-6-5-7;/h5H,3-4H2,1-2H3;1H/q+1;/p-1. The van der Waals surface area contributed by atoms with Crippen LogP contribution in [0, 0.1) is 0 Å². The molecule has 0 atom stereocenters. The molecule has 0 amide bonds. The summed E-state index contributed by atoms with van der Waals surface area (Å²) in [4.78, 5) is 4.08. The van der Waals surface area contributed by atoms with Gasteiger partial charge in [0.15, 0.2) is 6.34 Å². The summed E-state index contributed by atoms with van der Waals surface area (Å²) in [5.74, 6) is 0. The Kier molecular flexibility index (Phi) is 2.90. The first-order valence-electron chi connectivity index (χ1n) is 2.54. The molecular formula is C5H11IN2. The third-order valence-electron chi connectivity index (χ3n) is 1.20. The summed E-state index contributed by atoms with van der Waals surface area (Å²) in [5.41, 5.74) is 0. The zero-order chi connectivity index (χ0) is 5.33. The van der Waals surface area contributed by atoms with E-state index in [9.17, 15) is 0 Å². The average molecular weight is 226 g/mol. The highest BCUT2D eigenvalue weighted by molar-refractivity contribution is 5.47. The maximum Gasteiger partial charge on any atom is 0.185 e. The number of rotatable bonds is 0. The van der Waals surface area contributed by atoms with E-state index in [1.807, 2.05) is 6.34 Å². The van der Waals surface area contributed by atoms with E-state index in [4.69, 9.17) is 0 Å². The molecule has 1 rings (SSSR count). The van der Waals surface area contributed by atoms with Crippen molar-refractivity contribution in [1.29, 1.82) is 0 Å². The summed E-state index contributed by atoms with van der Waals surface area (Å²) < 4.78 is 0.958. The lowest BCUT2D eigenvalue weighted by Gasteiger charge is -2.16. The highest BCUT2D eigenvalue weighted by Gasteiger charge is 2.15. The Balaban J connectivity index is 0.000000490. The van der Waals surface area contributed by atoms with Gasteiger partial charge in [0, 0.05) is 0 Å². The molecule has 0 bridgehead atoms. The van der Waals surface area contributed by atoms with Gasteiger partial charge in [-0.05, 0) is 0 Å². The molecule has 0 aliphatic carbocycles. The Morgan fingerprint density at radius 1 is 1.50 bits per heavy atom. The van der Waals surface area contributed by atoms with Gasteiger partial charge in [-0.3, -0.25) is 4.48 Å². The van der Waals surface area contributed by atoms with Crippen LogP contribution >= 0.6 is 0 Å². The van der Waals surface area contributed by atoms with Gasteiger partial charge in [-0.15, -0.1) is 0 Å². The Morgan fingerprint density at radius 2 is 2.12 bits per heavy atom. The van der Waals surface area contributed by atoms with Gasteiger partial charge in [0.2, 0.25) is 0 Å². The van der Waals surface area contributed by atoms with E-state index in [-0.39, 0.29) is 24.0 Å². The minimum absolute atomic E-state index is 0. The minimum atomic E-state index is 0. The number of likely N-dealkylation sites (N-methyl/N-ethyl adjacent to an activating group) is 1. The fourth-order valence-electron chi connectivity index (χ4n) is 0.652. The highest BCUT2D eigenvalue weighted by Crippen LogP contribution is 1.97. The first-order valence-corrected chi connectivity index (χ1v) is 2.54. The first-order chi connectivity index (χ1) is 3.21. The predicted octanol–water partition coefficient (Wildman–Crippen LogP) is -2.89. The van der Waals surface area contributed by atoms with Gasteiger partial charge in [-0.1, -0.05) is 0 Å². The molecule has 0 fully saturated rings. The van der Waals surface area contributed by atoms with Crippen molar-refractivity contribution in [1.82, 2.24) is 0 Å². The summed E-state index contributed by atoms with van der Waals surface area (Å²) in [6.45, 7) is 2.17. The number of halogens is 1. The van der Waals surface area contributed by atoms with E-state index >= 15 is 0 Å². The molecule has 0 radical (unpaired) electrons. The smallest absolute Gasteiger partial charge is 0.185 e. The van der Waals surface area contributed by atoms with Crippen molar-refractivity contribution >= 4 is 6.34 Å². The Labute approximate surface area is 67.2 Å². The first kappa shape index (κ1) is 8.36. The molecular weight excluding hydrogens is 215 g/mol. The summed E-state index contributed by atoms with van der Waals surface area (Å²) in [7, 11) is 4.30. The predicted molar refractivity (Wildman–Crippen MR) is 30.3 cm³/mol. The van der Waals surface area contributed by atoms with Crippen molar-refractivity contribution in [2.24, 2.45) is 4.99 Å². The molecule has 0 unspecified atom stereocenters. The van der Waals surface area contributed by atoms with Gasteiger partial charge >= 0.3 is 0 Å². The van der Waals surface area contributed by atoms with Crippen LogP contribution in [0.2, 0.25) is 0 Å². The number of hydrogen-bond donors (Lipinski definition) is 0. The van der Waals surface area contributed by atoms with E-state index < -0.39 is 0 Å². The van der Waals surface area contributed by atoms with Crippen LogP contribution < -0.4 is 24.0 Å². The molecule has 1 aliphatic heterocycles.